The third-order valence-corrected chi connectivity index (χ3v) is 5.73. The average Bonchev–Trinajstić information content (AvgIpc) is 2.94. The molecule has 0 bridgehead atoms. The second-order valence-electron chi connectivity index (χ2n) is 8.05. The Balaban J connectivity index is 2.36. The van der Waals surface area contributed by atoms with Crippen molar-refractivity contribution < 1.29 is 37.8 Å². The number of esters is 1. The van der Waals surface area contributed by atoms with Crippen LogP contribution in [0.2, 0.25) is 0 Å². The number of rotatable bonds is 1. The maximum atomic E-state index is 14.8. The molecule has 0 unspecified atom stereocenters. The van der Waals surface area contributed by atoms with Gasteiger partial charge in [0, 0.05) is 25.4 Å². The number of ketones is 2. The van der Waals surface area contributed by atoms with Gasteiger partial charge in [-0.1, -0.05) is 13.8 Å². The van der Waals surface area contributed by atoms with Crippen molar-refractivity contribution in [2.75, 3.05) is 13.7 Å². The molecule has 2 aliphatic rings. The quantitative estimate of drug-likeness (QED) is 0.527. The number of fused-ring (bicyclic) bond motifs is 1. The predicted molar refractivity (Wildman–Crippen MR) is 95.3 cm³/mol. The first-order chi connectivity index (χ1) is 12.9. The zero-order valence-electron chi connectivity index (χ0n) is 16.9. The van der Waals surface area contributed by atoms with Crippen molar-refractivity contribution in [3.8, 4) is 0 Å². The Morgan fingerprint density at radius 1 is 1.18 bits per heavy atom. The predicted octanol–water partition coefficient (Wildman–Crippen LogP) is 1.73. The molecule has 2 saturated heterocycles. The number of alkyl carbamates (subject to hydrolysis) is 1. The molecule has 6 atom stereocenters. The van der Waals surface area contributed by atoms with Crippen molar-refractivity contribution in [2.24, 2.45) is 11.8 Å². The fraction of sp³-hybridized carbons (Fsp3) is 0.789. The molecule has 0 aromatic rings. The molecule has 1 N–H and O–H groups in total. The highest BCUT2D eigenvalue weighted by Gasteiger charge is 2.52. The van der Waals surface area contributed by atoms with Gasteiger partial charge in [-0.3, -0.25) is 9.59 Å². The Labute approximate surface area is 163 Å². The van der Waals surface area contributed by atoms with Crippen LogP contribution in [0.5, 0.6) is 0 Å². The highest BCUT2D eigenvalue weighted by Crippen LogP contribution is 2.32. The van der Waals surface area contributed by atoms with Gasteiger partial charge in [0.05, 0.1) is 12.1 Å². The second-order valence-corrected chi connectivity index (χ2v) is 8.05. The number of halogens is 1. The SMILES string of the molecule is CO[C@H]1CCC(=O)[C@](C)(F)C(=O)OC[C@@]2(C)OC(=O)N[C@@H]2[C@@H](C)C(=O)[C@H](C)C1. The number of cyclic esters (lactones) is 1. The Morgan fingerprint density at radius 3 is 2.43 bits per heavy atom. The smallest absolute Gasteiger partial charge is 0.408 e. The molecular formula is C19H28FNO7. The van der Waals surface area contributed by atoms with Crippen LogP contribution >= 0.6 is 0 Å². The second kappa shape index (κ2) is 8.14. The van der Waals surface area contributed by atoms with Crippen molar-refractivity contribution in [3.05, 3.63) is 0 Å². The van der Waals surface area contributed by atoms with E-state index in [1.165, 1.54) is 14.0 Å². The Hall–Kier alpha value is -2.03. The molecule has 28 heavy (non-hydrogen) atoms. The maximum absolute atomic E-state index is 14.8. The molecule has 158 valence electrons. The first-order valence-corrected chi connectivity index (χ1v) is 9.38. The van der Waals surface area contributed by atoms with Crippen LogP contribution < -0.4 is 5.32 Å². The topological polar surface area (TPSA) is 108 Å². The van der Waals surface area contributed by atoms with E-state index in [4.69, 9.17) is 14.2 Å². The van der Waals surface area contributed by atoms with Crippen molar-refractivity contribution in [1.82, 2.24) is 5.32 Å². The number of hydrogen-bond donors (Lipinski definition) is 1. The number of nitrogens with one attached hydrogen (secondary N) is 1. The van der Waals surface area contributed by atoms with Crippen LogP contribution in [0.25, 0.3) is 0 Å². The molecular weight excluding hydrogens is 373 g/mol. The molecule has 0 aromatic heterocycles. The summed E-state index contributed by atoms with van der Waals surface area (Å²) >= 11 is 0. The first-order valence-electron chi connectivity index (χ1n) is 9.38. The largest absolute Gasteiger partial charge is 0.459 e. The summed E-state index contributed by atoms with van der Waals surface area (Å²) in [5, 5.41) is 2.58. The zero-order chi connectivity index (χ0) is 21.3. The summed E-state index contributed by atoms with van der Waals surface area (Å²) in [6, 6.07) is -0.770. The van der Waals surface area contributed by atoms with Gasteiger partial charge >= 0.3 is 12.1 Å². The monoisotopic (exact) mass is 401 g/mol. The van der Waals surface area contributed by atoms with E-state index in [-0.39, 0.29) is 18.6 Å². The number of methoxy groups -OCH3 is 1. The van der Waals surface area contributed by atoms with Gasteiger partial charge in [-0.2, -0.15) is 0 Å². The molecule has 0 saturated carbocycles. The van der Waals surface area contributed by atoms with Crippen LogP contribution in [-0.4, -0.2) is 60.8 Å². The summed E-state index contributed by atoms with van der Waals surface area (Å²) < 4.78 is 30.4. The highest BCUT2D eigenvalue weighted by molar-refractivity contribution is 6.06. The van der Waals surface area contributed by atoms with E-state index in [1.807, 2.05) is 0 Å². The van der Waals surface area contributed by atoms with Crippen molar-refractivity contribution in [1.29, 1.82) is 0 Å². The molecule has 9 heteroatoms. The third kappa shape index (κ3) is 4.34. The van der Waals surface area contributed by atoms with Gasteiger partial charge in [0.25, 0.3) is 5.67 Å². The van der Waals surface area contributed by atoms with Crippen LogP contribution in [-0.2, 0) is 28.6 Å². The maximum Gasteiger partial charge on any atom is 0.408 e. The van der Waals surface area contributed by atoms with Crippen LogP contribution in [0.1, 0.15) is 47.0 Å². The lowest BCUT2D eigenvalue weighted by atomic mass is 9.80. The lowest BCUT2D eigenvalue weighted by molar-refractivity contribution is -0.167. The van der Waals surface area contributed by atoms with E-state index in [2.05, 4.69) is 5.32 Å². The molecule has 2 fully saturated rings. The summed E-state index contributed by atoms with van der Waals surface area (Å²) in [6.07, 6.45) is -0.930. The normalized spacial score (nSPS) is 40.8. The van der Waals surface area contributed by atoms with Gasteiger partial charge in [-0.25, -0.2) is 14.0 Å². The van der Waals surface area contributed by atoms with E-state index in [0.29, 0.717) is 6.42 Å². The molecule has 0 aliphatic carbocycles. The highest BCUT2D eigenvalue weighted by atomic mass is 19.1. The molecule has 1 amide bonds. The van der Waals surface area contributed by atoms with Crippen LogP contribution in [0.3, 0.4) is 0 Å². The fourth-order valence-electron chi connectivity index (χ4n) is 3.80. The van der Waals surface area contributed by atoms with Crippen LogP contribution in [0, 0.1) is 11.8 Å². The Kier molecular flexibility index (Phi) is 6.48. The van der Waals surface area contributed by atoms with E-state index < -0.39 is 59.7 Å². The summed E-state index contributed by atoms with van der Waals surface area (Å²) in [5.74, 6) is -3.44. The number of carbonyl (C=O) groups is 4. The summed E-state index contributed by atoms with van der Waals surface area (Å²) in [7, 11) is 1.45. The number of ether oxygens (including phenoxy) is 3. The fourth-order valence-corrected chi connectivity index (χ4v) is 3.80. The van der Waals surface area contributed by atoms with Crippen molar-refractivity contribution in [2.45, 2.75) is 70.4 Å². The standard InChI is InChI=1S/C19H28FNO7/c1-10-8-12(26-5)6-7-13(22)19(4,20)16(24)27-9-18(3)15(11(2)14(10)23)21-17(25)28-18/h10-12,15H,6-9H2,1-5H3,(H,21,25)/t10-,11+,12+,15-,18-,19+/m1/s1. The lowest BCUT2D eigenvalue weighted by Crippen LogP contribution is -2.53. The Bertz CT molecular complexity index is 665. The molecule has 2 rings (SSSR count). The van der Waals surface area contributed by atoms with E-state index in [0.717, 1.165) is 6.92 Å². The average molecular weight is 401 g/mol. The van der Waals surface area contributed by atoms with Crippen LogP contribution in [0.4, 0.5) is 9.18 Å². The number of amides is 1. The van der Waals surface area contributed by atoms with Gasteiger partial charge in [-0.15, -0.1) is 0 Å². The number of alkyl halides is 1. The zero-order valence-corrected chi connectivity index (χ0v) is 16.9. The van der Waals surface area contributed by atoms with Gasteiger partial charge in [0.15, 0.2) is 11.4 Å². The van der Waals surface area contributed by atoms with Gasteiger partial charge in [-0.05, 0) is 26.7 Å². The first kappa shape index (κ1) is 22.3. The van der Waals surface area contributed by atoms with Crippen molar-refractivity contribution >= 4 is 23.6 Å². The van der Waals surface area contributed by atoms with Gasteiger partial charge in [0.2, 0.25) is 0 Å². The minimum Gasteiger partial charge on any atom is -0.459 e. The lowest BCUT2D eigenvalue weighted by Gasteiger charge is -2.33. The van der Waals surface area contributed by atoms with Crippen molar-refractivity contribution in [3.63, 3.8) is 0 Å². The minimum absolute atomic E-state index is 0.117. The van der Waals surface area contributed by atoms with Gasteiger partial charge in [0.1, 0.15) is 12.4 Å². The Morgan fingerprint density at radius 2 is 1.82 bits per heavy atom. The van der Waals surface area contributed by atoms with E-state index in [9.17, 15) is 23.6 Å². The molecule has 0 spiro atoms. The van der Waals surface area contributed by atoms with E-state index in [1.54, 1.807) is 13.8 Å². The number of hydrogen-bond acceptors (Lipinski definition) is 7. The number of Topliss-reactive ketones (excluding diaryl/α,β-unsaturated/α-hetero) is 2. The third-order valence-electron chi connectivity index (χ3n) is 5.73. The minimum atomic E-state index is -2.82. The molecule has 0 aromatic carbocycles. The molecule has 8 nitrogen and oxygen atoms in total. The molecule has 2 heterocycles. The summed E-state index contributed by atoms with van der Waals surface area (Å²) in [6.45, 7) is 5.29. The van der Waals surface area contributed by atoms with Crippen LogP contribution in [0.15, 0.2) is 0 Å². The molecule has 0 radical (unpaired) electrons. The summed E-state index contributed by atoms with van der Waals surface area (Å²) in [4.78, 5) is 49.2. The van der Waals surface area contributed by atoms with Gasteiger partial charge < -0.3 is 19.5 Å². The van der Waals surface area contributed by atoms with E-state index >= 15 is 0 Å². The molecule has 2 aliphatic heterocycles. The number of carbonyl (C=O) groups excluding carboxylic acids is 4. The summed E-state index contributed by atoms with van der Waals surface area (Å²) in [5.41, 5.74) is -4.19.